The van der Waals surface area contributed by atoms with Crippen LogP contribution < -0.4 is 33.8 Å². The molecule has 0 bridgehead atoms. The van der Waals surface area contributed by atoms with E-state index >= 15 is 0 Å². The first kappa shape index (κ1) is 29.0. The number of ether oxygens (including phenoxy) is 5. The van der Waals surface area contributed by atoms with E-state index in [4.69, 9.17) is 30.1 Å². The zero-order valence-corrected chi connectivity index (χ0v) is 25.0. The van der Waals surface area contributed by atoms with Crippen LogP contribution >= 0.6 is 27.3 Å². The number of allylic oxidation sites excluding steroid dienone is 1. The lowest BCUT2D eigenvalue weighted by atomic mass is 9.95. The van der Waals surface area contributed by atoms with Crippen LogP contribution in [0.3, 0.4) is 0 Å². The van der Waals surface area contributed by atoms with E-state index in [1.165, 1.54) is 37.2 Å². The van der Waals surface area contributed by atoms with Crippen molar-refractivity contribution in [2.24, 2.45) is 4.99 Å². The number of methoxy groups -OCH3 is 3. The summed E-state index contributed by atoms with van der Waals surface area (Å²) in [5.41, 5.74) is 1.54. The monoisotopic (exact) mass is 626 g/mol. The lowest BCUT2D eigenvalue weighted by molar-refractivity contribution is -0.139. The van der Waals surface area contributed by atoms with Crippen molar-refractivity contribution in [3.05, 3.63) is 76.9 Å². The minimum atomic E-state index is -0.853. The molecular weight excluding hydrogens is 600 g/mol. The third-order valence-electron chi connectivity index (χ3n) is 6.13. The standard InChI is InChI=1S/C29H27BrN2O7S/c1-7-12-39-26-17(10-9-11-20(26)35-4)13-23-27(33)32-25(18-14-21(36-5)22(37-6)15-19(18)30)24(28(34)38-8-2)16(3)31-29(32)40-23/h1,9-11,13-15,25H,8,12H2,2-6H3/b23-13-/t25-/m0/s1. The molecule has 1 aromatic heterocycles. The number of rotatable bonds is 9. The van der Waals surface area contributed by atoms with Gasteiger partial charge in [0.05, 0.1) is 49.8 Å². The Morgan fingerprint density at radius 1 is 1.18 bits per heavy atom. The molecule has 0 saturated heterocycles. The molecule has 0 saturated carbocycles. The van der Waals surface area contributed by atoms with E-state index in [1.807, 2.05) is 0 Å². The Kier molecular flexibility index (Phi) is 9.02. The van der Waals surface area contributed by atoms with Gasteiger partial charge in [0.2, 0.25) is 0 Å². The van der Waals surface area contributed by atoms with Crippen molar-refractivity contribution in [1.82, 2.24) is 4.57 Å². The molecule has 0 amide bonds. The lowest BCUT2D eigenvalue weighted by Crippen LogP contribution is -2.40. The van der Waals surface area contributed by atoms with E-state index in [0.717, 1.165) is 0 Å². The molecule has 0 N–H and O–H groups in total. The fraction of sp³-hybridized carbons (Fsp3) is 0.276. The molecule has 4 rings (SSSR count). The highest BCUT2D eigenvalue weighted by Gasteiger charge is 2.35. The molecule has 1 aliphatic rings. The van der Waals surface area contributed by atoms with E-state index in [1.54, 1.807) is 50.3 Å². The molecule has 0 radical (unpaired) electrons. The van der Waals surface area contributed by atoms with Crippen LogP contribution in [0.5, 0.6) is 23.0 Å². The van der Waals surface area contributed by atoms with Crippen molar-refractivity contribution in [1.29, 1.82) is 0 Å². The second-order valence-corrected chi connectivity index (χ2v) is 10.3. The van der Waals surface area contributed by atoms with Crippen LogP contribution in [0.25, 0.3) is 6.08 Å². The number of thiazole rings is 1. The summed E-state index contributed by atoms with van der Waals surface area (Å²) < 4.78 is 30.0. The van der Waals surface area contributed by atoms with E-state index in [9.17, 15) is 9.59 Å². The quantitative estimate of drug-likeness (QED) is 0.264. The number of terminal acetylenes is 1. The smallest absolute Gasteiger partial charge is 0.338 e. The number of hydrogen-bond acceptors (Lipinski definition) is 9. The van der Waals surface area contributed by atoms with Crippen LogP contribution in [0.2, 0.25) is 0 Å². The van der Waals surface area contributed by atoms with Crippen LogP contribution in [0.15, 0.2) is 55.9 Å². The second kappa shape index (κ2) is 12.4. The van der Waals surface area contributed by atoms with E-state index in [0.29, 0.717) is 53.6 Å². The van der Waals surface area contributed by atoms with Gasteiger partial charge in [-0.05, 0) is 43.7 Å². The Labute approximate surface area is 243 Å². The number of aromatic nitrogens is 1. The van der Waals surface area contributed by atoms with Gasteiger partial charge in [0.15, 0.2) is 27.8 Å². The topological polar surface area (TPSA) is 97.6 Å². The molecule has 9 nitrogen and oxygen atoms in total. The number of hydrogen-bond donors (Lipinski definition) is 0. The van der Waals surface area contributed by atoms with Crippen molar-refractivity contribution in [3.63, 3.8) is 0 Å². The van der Waals surface area contributed by atoms with Crippen LogP contribution in [-0.4, -0.2) is 45.1 Å². The Bertz CT molecular complexity index is 1720. The van der Waals surface area contributed by atoms with Gasteiger partial charge in [-0.2, -0.15) is 0 Å². The predicted molar refractivity (Wildman–Crippen MR) is 155 cm³/mol. The Balaban J connectivity index is 2.01. The van der Waals surface area contributed by atoms with Gasteiger partial charge in [-0.15, -0.1) is 6.42 Å². The molecule has 40 heavy (non-hydrogen) atoms. The first-order valence-corrected chi connectivity index (χ1v) is 13.7. The first-order valence-electron chi connectivity index (χ1n) is 12.1. The van der Waals surface area contributed by atoms with Crippen LogP contribution in [0.1, 0.15) is 31.0 Å². The lowest BCUT2D eigenvalue weighted by Gasteiger charge is -2.26. The molecule has 3 aromatic rings. The maximum atomic E-state index is 14.0. The Hall–Kier alpha value is -4.01. The molecule has 0 spiro atoms. The van der Waals surface area contributed by atoms with Gasteiger partial charge in [-0.25, -0.2) is 9.79 Å². The maximum absolute atomic E-state index is 14.0. The highest BCUT2D eigenvalue weighted by atomic mass is 79.9. The second-order valence-electron chi connectivity index (χ2n) is 8.40. The summed E-state index contributed by atoms with van der Waals surface area (Å²) in [6.07, 6.45) is 7.10. The van der Waals surface area contributed by atoms with E-state index < -0.39 is 12.0 Å². The van der Waals surface area contributed by atoms with Crippen molar-refractivity contribution in [3.8, 4) is 35.3 Å². The number of carbonyl (C=O) groups excluding carboxylic acids is 1. The minimum absolute atomic E-state index is 0.0257. The van der Waals surface area contributed by atoms with Crippen LogP contribution in [0.4, 0.5) is 0 Å². The summed E-state index contributed by atoms with van der Waals surface area (Å²) in [5.74, 6) is 3.69. The van der Waals surface area contributed by atoms with Gasteiger partial charge >= 0.3 is 5.97 Å². The average molecular weight is 628 g/mol. The third kappa shape index (κ3) is 5.37. The van der Waals surface area contributed by atoms with Crippen molar-refractivity contribution < 1.29 is 28.5 Å². The average Bonchev–Trinajstić information content (AvgIpc) is 3.25. The number of benzene rings is 2. The fourth-order valence-electron chi connectivity index (χ4n) is 4.38. The van der Waals surface area contributed by atoms with Gasteiger partial charge in [-0.1, -0.05) is 45.3 Å². The van der Waals surface area contributed by atoms with E-state index in [2.05, 4.69) is 26.8 Å². The van der Waals surface area contributed by atoms with Gasteiger partial charge in [-0.3, -0.25) is 9.36 Å². The SMILES string of the molecule is C#CCOc1c(/C=c2\sc3n(c2=O)[C@@H](c2cc(OC)c(OC)cc2Br)C(C(=O)OCC)=C(C)N=3)cccc1OC. The highest BCUT2D eigenvalue weighted by molar-refractivity contribution is 9.10. The molecule has 1 atom stereocenters. The highest BCUT2D eigenvalue weighted by Crippen LogP contribution is 2.41. The molecule has 11 heteroatoms. The predicted octanol–water partition coefficient (Wildman–Crippen LogP) is 3.60. The van der Waals surface area contributed by atoms with Crippen molar-refractivity contribution >= 4 is 39.3 Å². The van der Waals surface area contributed by atoms with Crippen molar-refractivity contribution in [2.75, 3.05) is 34.5 Å². The van der Waals surface area contributed by atoms with Gasteiger partial charge in [0.1, 0.15) is 6.61 Å². The first-order chi connectivity index (χ1) is 19.3. The van der Waals surface area contributed by atoms with Gasteiger partial charge in [0.25, 0.3) is 5.56 Å². The molecule has 2 aromatic carbocycles. The number of nitrogens with zero attached hydrogens (tertiary/aromatic N) is 2. The van der Waals surface area contributed by atoms with Crippen LogP contribution in [0, 0.1) is 12.3 Å². The maximum Gasteiger partial charge on any atom is 0.338 e. The number of halogens is 1. The molecule has 208 valence electrons. The minimum Gasteiger partial charge on any atom is -0.493 e. The van der Waals surface area contributed by atoms with E-state index in [-0.39, 0.29) is 24.3 Å². The van der Waals surface area contributed by atoms with Crippen molar-refractivity contribution in [2.45, 2.75) is 19.9 Å². The third-order valence-corrected chi connectivity index (χ3v) is 7.80. The normalized spacial score (nSPS) is 14.6. The zero-order valence-electron chi connectivity index (χ0n) is 22.6. The molecule has 0 aliphatic carbocycles. The summed E-state index contributed by atoms with van der Waals surface area (Å²) in [4.78, 5) is 32.3. The summed E-state index contributed by atoms with van der Waals surface area (Å²) in [5, 5.41) is 0. The summed E-state index contributed by atoms with van der Waals surface area (Å²) >= 11 is 4.79. The number of carbonyl (C=O) groups is 1. The van der Waals surface area contributed by atoms with Crippen LogP contribution in [-0.2, 0) is 9.53 Å². The number of para-hydroxylation sites is 1. The Morgan fingerprint density at radius 3 is 2.52 bits per heavy atom. The summed E-state index contributed by atoms with van der Waals surface area (Å²) in [6.45, 7) is 3.63. The Morgan fingerprint density at radius 2 is 1.88 bits per heavy atom. The molecule has 2 heterocycles. The largest absolute Gasteiger partial charge is 0.493 e. The summed E-state index contributed by atoms with van der Waals surface area (Å²) in [6, 6.07) is 7.94. The number of fused-ring (bicyclic) bond motifs is 1. The fourth-order valence-corrected chi connectivity index (χ4v) is 5.96. The molecule has 0 unspecified atom stereocenters. The molecule has 1 aliphatic heterocycles. The van der Waals surface area contributed by atoms with Gasteiger partial charge in [0, 0.05) is 10.0 Å². The molecule has 0 fully saturated rings. The van der Waals surface area contributed by atoms with Gasteiger partial charge < -0.3 is 23.7 Å². The molecular formula is C29H27BrN2O7S. The summed E-state index contributed by atoms with van der Waals surface area (Å²) in [7, 11) is 4.57. The zero-order chi connectivity index (χ0) is 29.0. The number of esters is 1.